The molecule has 1 saturated heterocycles. The summed E-state index contributed by atoms with van der Waals surface area (Å²) in [7, 11) is 3.02. The molecule has 1 amide bonds. The number of nitrogens with one attached hydrogen (secondary N) is 2. The van der Waals surface area contributed by atoms with Crippen molar-refractivity contribution in [1.29, 1.82) is 0 Å². The fraction of sp³-hybridized carbons (Fsp3) is 0.261. The summed E-state index contributed by atoms with van der Waals surface area (Å²) in [6.45, 7) is 1.84. The summed E-state index contributed by atoms with van der Waals surface area (Å²) in [5.74, 6) is 1.81. The van der Waals surface area contributed by atoms with Gasteiger partial charge in [-0.1, -0.05) is 6.07 Å². The van der Waals surface area contributed by atoms with Crippen LogP contribution in [0.1, 0.15) is 29.3 Å². The van der Waals surface area contributed by atoms with Crippen LogP contribution < -0.4 is 20.3 Å². The normalized spacial score (nSPS) is 17.8. The van der Waals surface area contributed by atoms with Crippen LogP contribution in [0.15, 0.2) is 59.1 Å². The Morgan fingerprint density at radius 3 is 2.75 bits per heavy atom. The molecule has 166 valence electrons. The van der Waals surface area contributed by atoms with Crippen LogP contribution in [0.2, 0.25) is 0 Å². The van der Waals surface area contributed by atoms with Gasteiger partial charge in [0.2, 0.25) is 5.91 Å². The molecule has 0 bridgehead atoms. The minimum absolute atomic E-state index is 0.0624. The van der Waals surface area contributed by atoms with E-state index in [0.29, 0.717) is 16.5 Å². The highest BCUT2D eigenvalue weighted by Crippen LogP contribution is 2.43. The summed E-state index contributed by atoms with van der Waals surface area (Å²) in [5.41, 5.74) is 2.14. The summed E-state index contributed by atoms with van der Waals surface area (Å²) in [6.07, 6.45) is 1.75. The van der Waals surface area contributed by atoms with Gasteiger partial charge in [0.15, 0.2) is 5.11 Å². The minimum atomic E-state index is -0.283. The Morgan fingerprint density at radius 1 is 1.25 bits per heavy atom. The van der Waals surface area contributed by atoms with Crippen molar-refractivity contribution in [2.45, 2.75) is 19.0 Å². The van der Waals surface area contributed by atoms with Gasteiger partial charge < -0.3 is 29.4 Å². The third-order valence-electron chi connectivity index (χ3n) is 5.16. The number of amides is 1. The smallest absolute Gasteiger partial charge is 0.250 e. The maximum Gasteiger partial charge on any atom is 0.250 e. The number of hydrogen-bond acceptors (Lipinski definition) is 6. The molecule has 0 spiro atoms. The maximum atomic E-state index is 12.1. The Balaban J connectivity index is 1.77. The third-order valence-corrected chi connectivity index (χ3v) is 5.48. The number of aromatic nitrogens is 1. The number of hydrogen-bond donors (Lipinski definition) is 2. The number of furan rings is 1. The van der Waals surface area contributed by atoms with Crippen LogP contribution in [0.3, 0.4) is 0 Å². The lowest BCUT2D eigenvalue weighted by atomic mass is 10.0. The van der Waals surface area contributed by atoms with Gasteiger partial charge in [-0.15, -0.1) is 0 Å². The molecule has 1 aliphatic rings. The van der Waals surface area contributed by atoms with Crippen LogP contribution in [0, 0.1) is 6.92 Å². The number of rotatable bonds is 7. The number of benzene rings is 1. The molecule has 0 aliphatic carbocycles. The summed E-state index contributed by atoms with van der Waals surface area (Å²) in [4.78, 5) is 18.6. The lowest BCUT2D eigenvalue weighted by Crippen LogP contribution is -2.29. The molecular formula is C23H24N4O4S. The van der Waals surface area contributed by atoms with Crippen molar-refractivity contribution in [1.82, 2.24) is 10.3 Å². The van der Waals surface area contributed by atoms with E-state index in [-0.39, 0.29) is 24.6 Å². The van der Waals surface area contributed by atoms with Gasteiger partial charge >= 0.3 is 0 Å². The number of ether oxygens (including phenoxy) is 2. The zero-order valence-electron chi connectivity index (χ0n) is 18.0. The second-order valence-electron chi connectivity index (χ2n) is 7.31. The molecule has 8 nitrogen and oxygen atoms in total. The number of carbonyl (C=O) groups is 1. The van der Waals surface area contributed by atoms with Crippen LogP contribution >= 0.6 is 12.2 Å². The molecule has 2 atom stereocenters. The third kappa shape index (κ3) is 4.30. The largest absolute Gasteiger partial charge is 0.495 e. The molecule has 3 aromatic rings. The average molecular weight is 453 g/mol. The van der Waals surface area contributed by atoms with Crippen molar-refractivity contribution < 1.29 is 18.7 Å². The lowest BCUT2D eigenvalue weighted by Gasteiger charge is -2.27. The number of thiocarbonyl (C=S) groups is 1. The SMILES string of the molecule is COCC(=O)Nc1cc(N2C(=S)N[C@@H](c3ccccn3)[C@H]2c2ccc(C)o2)ccc1OC. The minimum Gasteiger partial charge on any atom is -0.495 e. The Labute approximate surface area is 191 Å². The van der Waals surface area contributed by atoms with E-state index in [1.54, 1.807) is 19.4 Å². The van der Waals surface area contributed by atoms with Gasteiger partial charge in [0.25, 0.3) is 0 Å². The zero-order chi connectivity index (χ0) is 22.7. The quantitative estimate of drug-likeness (QED) is 0.524. The molecule has 32 heavy (non-hydrogen) atoms. The first-order valence-corrected chi connectivity index (χ1v) is 10.5. The molecule has 9 heteroatoms. The second-order valence-corrected chi connectivity index (χ2v) is 7.70. The van der Waals surface area contributed by atoms with Crippen molar-refractivity contribution in [3.63, 3.8) is 0 Å². The van der Waals surface area contributed by atoms with Gasteiger partial charge in [0.1, 0.15) is 29.9 Å². The summed E-state index contributed by atoms with van der Waals surface area (Å²) >= 11 is 5.72. The highest BCUT2D eigenvalue weighted by atomic mass is 32.1. The van der Waals surface area contributed by atoms with Crippen LogP contribution in [0.4, 0.5) is 11.4 Å². The monoisotopic (exact) mass is 452 g/mol. The van der Waals surface area contributed by atoms with Crippen molar-refractivity contribution in [3.8, 4) is 5.75 Å². The Hall–Kier alpha value is -3.43. The van der Waals surface area contributed by atoms with Gasteiger partial charge in [-0.05, 0) is 61.6 Å². The molecule has 0 unspecified atom stereocenters. The Kier molecular flexibility index (Phi) is 6.38. The van der Waals surface area contributed by atoms with Gasteiger partial charge in [-0.25, -0.2) is 0 Å². The summed E-state index contributed by atoms with van der Waals surface area (Å²) in [5, 5.41) is 6.74. The topological polar surface area (TPSA) is 88.9 Å². The first-order chi connectivity index (χ1) is 15.5. The maximum absolute atomic E-state index is 12.1. The van der Waals surface area contributed by atoms with Crippen molar-refractivity contribution in [2.75, 3.05) is 31.0 Å². The molecule has 1 aromatic carbocycles. The molecule has 4 rings (SSSR count). The van der Waals surface area contributed by atoms with Crippen LogP contribution in [-0.4, -0.2) is 36.8 Å². The molecule has 2 N–H and O–H groups in total. The van der Waals surface area contributed by atoms with Crippen LogP contribution in [-0.2, 0) is 9.53 Å². The van der Waals surface area contributed by atoms with E-state index < -0.39 is 0 Å². The van der Waals surface area contributed by atoms with E-state index in [0.717, 1.165) is 22.9 Å². The number of nitrogens with zero attached hydrogens (tertiary/aromatic N) is 2. The zero-order valence-corrected chi connectivity index (χ0v) is 18.8. The Bertz CT molecular complexity index is 1120. The molecule has 1 aliphatic heterocycles. The molecule has 1 fully saturated rings. The molecule has 0 radical (unpaired) electrons. The second kappa shape index (κ2) is 9.37. The Morgan fingerprint density at radius 2 is 2.09 bits per heavy atom. The van der Waals surface area contributed by atoms with E-state index in [9.17, 15) is 4.79 Å². The van der Waals surface area contributed by atoms with Crippen molar-refractivity contribution in [2.24, 2.45) is 0 Å². The van der Waals surface area contributed by atoms with E-state index in [2.05, 4.69) is 15.6 Å². The fourth-order valence-corrected chi connectivity index (χ4v) is 4.14. The van der Waals surface area contributed by atoms with Gasteiger partial charge in [-0.3, -0.25) is 9.78 Å². The number of anilines is 2. The van der Waals surface area contributed by atoms with E-state index >= 15 is 0 Å². The predicted octanol–water partition coefficient (Wildman–Crippen LogP) is 3.75. The van der Waals surface area contributed by atoms with Gasteiger partial charge in [-0.2, -0.15) is 0 Å². The highest BCUT2D eigenvalue weighted by molar-refractivity contribution is 7.80. The number of pyridine rings is 1. The molecular weight excluding hydrogens is 428 g/mol. The molecule has 0 saturated carbocycles. The van der Waals surface area contributed by atoms with Crippen molar-refractivity contribution >= 4 is 34.6 Å². The van der Waals surface area contributed by atoms with Gasteiger partial charge in [0.05, 0.1) is 24.5 Å². The first kappa shape index (κ1) is 21.8. The van der Waals surface area contributed by atoms with E-state index in [4.69, 9.17) is 26.1 Å². The van der Waals surface area contributed by atoms with Crippen LogP contribution in [0.5, 0.6) is 5.75 Å². The highest BCUT2D eigenvalue weighted by Gasteiger charge is 2.42. The predicted molar refractivity (Wildman–Crippen MR) is 125 cm³/mol. The standard InChI is InChI=1S/C23H24N4O4S/c1-14-7-9-19(31-14)22-21(16-6-4-5-11-24-16)26-23(32)27(22)15-8-10-18(30-3)17(12-15)25-20(28)13-29-2/h4-12,21-22H,13H2,1-3H3,(H,25,28)(H,26,32)/t21-,22+/m0/s1. The lowest BCUT2D eigenvalue weighted by molar-refractivity contribution is -0.119. The number of aryl methyl sites for hydroxylation is 1. The molecule has 3 heterocycles. The van der Waals surface area contributed by atoms with Gasteiger partial charge in [0, 0.05) is 19.0 Å². The first-order valence-electron chi connectivity index (χ1n) is 10.1. The van der Waals surface area contributed by atoms with Crippen LogP contribution in [0.25, 0.3) is 0 Å². The average Bonchev–Trinajstić information content (AvgIpc) is 3.37. The number of carbonyl (C=O) groups excluding carboxylic acids is 1. The summed E-state index contributed by atoms with van der Waals surface area (Å²) in [6, 6.07) is 14.7. The van der Waals surface area contributed by atoms with E-state index in [1.807, 2.05) is 54.3 Å². The van der Waals surface area contributed by atoms with Crippen molar-refractivity contribution in [3.05, 3.63) is 71.9 Å². The van der Waals surface area contributed by atoms with E-state index in [1.165, 1.54) is 7.11 Å². The number of methoxy groups -OCH3 is 2. The summed E-state index contributed by atoms with van der Waals surface area (Å²) < 4.78 is 16.4. The molecule has 2 aromatic heterocycles. The fourth-order valence-electron chi connectivity index (χ4n) is 3.80.